The van der Waals surface area contributed by atoms with Crippen molar-refractivity contribution >= 4 is 29.5 Å². The summed E-state index contributed by atoms with van der Waals surface area (Å²) in [5, 5.41) is 18.8. The number of amides is 5. The van der Waals surface area contributed by atoms with E-state index in [1.54, 1.807) is 17.0 Å². The second-order valence-electron chi connectivity index (χ2n) is 15.9. The Hall–Kier alpha value is -3.63. The van der Waals surface area contributed by atoms with Gasteiger partial charge in [0, 0.05) is 12.1 Å². The third-order valence-electron chi connectivity index (χ3n) is 11.0. The van der Waals surface area contributed by atoms with Crippen LogP contribution < -0.4 is 21.7 Å². The first-order valence-electron chi connectivity index (χ1n) is 16.8. The summed E-state index contributed by atoms with van der Waals surface area (Å²) in [6, 6.07) is 3.82. The Bertz CT molecular complexity index is 1360. The lowest BCUT2D eigenvalue weighted by Crippen LogP contribution is -2.63. The van der Waals surface area contributed by atoms with Gasteiger partial charge in [0.1, 0.15) is 17.8 Å². The van der Waals surface area contributed by atoms with Gasteiger partial charge in [-0.05, 0) is 72.0 Å². The number of hydrogen-bond acceptors (Lipinski definition) is 6. The third kappa shape index (κ3) is 7.18. The number of nitrogens with zero attached hydrogens (tertiary/aromatic N) is 1. The normalized spacial score (nSPS) is 25.8. The molecule has 5 rings (SSSR count). The summed E-state index contributed by atoms with van der Waals surface area (Å²) in [5.74, 6) is -2.27. The quantitative estimate of drug-likeness (QED) is 0.233. The summed E-state index contributed by atoms with van der Waals surface area (Å²) in [4.78, 5) is 68.0. The highest BCUT2D eigenvalue weighted by Gasteiger charge is 2.70. The molecule has 11 heteroatoms. The summed E-state index contributed by atoms with van der Waals surface area (Å²) >= 11 is 0. The smallest absolute Gasteiger partial charge is 0.315 e. The largest absolute Gasteiger partial charge is 0.508 e. The van der Waals surface area contributed by atoms with Crippen LogP contribution in [0.1, 0.15) is 91.5 Å². The van der Waals surface area contributed by atoms with Crippen LogP contribution in [-0.2, 0) is 25.6 Å². The summed E-state index contributed by atoms with van der Waals surface area (Å²) in [5.41, 5.74) is 4.99. The minimum absolute atomic E-state index is 0.103. The average molecular weight is 638 g/mol. The van der Waals surface area contributed by atoms with E-state index in [4.69, 9.17) is 5.73 Å². The van der Waals surface area contributed by atoms with E-state index in [1.807, 2.05) is 32.9 Å². The number of ketones is 1. The summed E-state index contributed by atoms with van der Waals surface area (Å²) in [6.07, 6.45) is 7.46. The fourth-order valence-electron chi connectivity index (χ4n) is 7.96. The second kappa shape index (κ2) is 12.5. The van der Waals surface area contributed by atoms with E-state index >= 15 is 0 Å². The van der Waals surface area contributed by atoms with Crippen LogP contribution in [0.5, 0.6) is 5.75 Å². The highest BCUT2D eigenvalue weighted by Crippen LogP contribution is 2.65. The van der Waals surface area contributed by atoms with Gasteiger partial charge in [-0.25, -0.2) is 4.79 Å². The molecule has 5 atom stereocenters. The fourth-order valence-corrected chi connectivity index (χ4v) is 7.96. The third-order valence-corrected chi connectivity index (χ3v) is 11.0. The number of phenols is 1. The number of aromatic hydroxyl groups is 1. The van der Waals surface area contributed by atoms with Crippen molar-refractivity contribution < 1.29 is 29.1 Å². The van der Waals surface area contributed by atoms with Crippen LogP contribution in [0.2, 0.25) is 0 Å². The summed E-state index contributed by atoms with van der Waals surface area (Å²) < 4.78 is 0. The van der Waals surface area contributed by atoms with Crippen molar-refractivity contribution in [1.82, 2.24) is 20.9 Å². The molecule has 1 saturated heterocycles. The minimum atomic E-state index is -1.08. The molecule has 5 amide bonds. The SMILES string of the molecule is CC(C)(C)[C@H](NC(=O)NC1(Cc2ccc(O)cc2)CCCCC1)C(=O)N1CC2[C@@H]([C@H]1C(=O)NC(CC1CC1)C(=O)C(N)=O)C2(C)C. The Morgan fingerprint density at radius 1 is 1.00 bits per heavy atom. The molecule has 4 aliphatic rings. The van der Waals surface area contributed by atoms with Gasteiger partial charge in [0.25, 0.3) is 5.91 Å². The lowest BCUT2D eigenvalue weighted by molar-refractivity contribution is -0.145. The maximum atomic E-state index is 14.4. The van der Waals surface area contributed by atoms with Crippen molar-refractivity contribution in [3.8, 4) is 5.75 Å². The van der Waals surface area contributed by atoms with Gasteiger partial charge in [0.15, 0.2) is 0 Å². The van der Waals surface area contributed by atoms with Crippen molar-refractivity contribution in [2.45, 2.75) is 116 Å². The van der Waals surface area contributed by atoms with Crippen molar-refractivity contribution in [2.75, 3.05) is 6.54 Å². The van der Waals surface area contributed by atoms with Gasteiger partial charge in [-0.3, -0.25) is 19.2 Å². The van der Waals surface area contributed by atoms with Gasteiger partial charge >= 0.3 is 6.03 Å². The average Bonchev–Trinajstić information content (AvgIpc) is 3.83. The predicted octanol–water partition coefficient (Wildman–Crippen LogP) is 3.17. The Labute approximate surface area is 271 Å². The molecule has 252 valence electrons. The molecule has 0 aromatic heterocycles. The Morgan fingerprint density at radius 2 is 1.63 bits per heavy atom. The van der Waals surface area contributed by atoms with E-state index in [-0.39, 0.29) is 34.8 Å². The molecular weight excluding hydrogens is 586 g/mol. The molecule has 1 aromatic carbocycles. The number of likely N-dealkylation sites (tertiary alicyclic amines) is 1. The molecule has 11 nitrogen and oxygen atoms in total. The molecule has 3 saturated carbocycles. The van der Waals surface area contributed by atoms with Crippen LogP contribution >= 0.6 is 0 Å². The zero-order valence-electron chi connectivity index (χ0n) is 27.9. The van der Waals surface area contributed by atoms with E-state index < -0.39 is 52.7 Å². The predicted molar refractivity (Wildman–Crippen MR) is 172 cm³/mol. The Morgan fingerprint density at radius 3 is 2.20 bits per heavy atom. The monoisotopic (exact) mass is 637 g/mol. The van der Waals surface area contributed by atoms with Gasteiger partial charge in [-0.1, -0.05) is 78.9 Å². The van der Waals surface area contributed by atoms with Crippen molar-refractivity contribution in [3.63, 3.8) is 0 Å². The maximum absolute atomic E-state index is 14.4. The van der Waals surface area contributed by atoms with Crippen LogP contribution in [0.25, 0.3) is 0 Å². The second-order valence-corrected chi connectivity index (χ2v) is 15.9. The van der Waals surface area contributed by atoms with Gasteiger partial charge in [0.2, 0.25) is 17.6 Å². The van der Waals surface area contributed by atoms with E-state index in [0.717, 1.165) is 50.5 Å². The van der Waals surface area contributed by atoms with Gasteiger partial charge in [-0.2, -0.15) is 0 Å². The molecule has 2 unspecified atom stereocenters. The summed E-state index contributed by atoms with van der Waals surface area (Å²) in [6.45, 7) is 10.2. The van der Waals surface area contributed by atoms with Crippen LogP contribution in [-0.4, -0.2) is 69.8 Å². The number of primary amides is 1. The number of phenolic OH excluding ortho intramolecular Hbond substituents is 1. The molecule has 1 aliphatic heterocycles. The summed E-state index contributed by atoms with van der Waals surface area (Å²) in [7, 11) is 0. The number of nitrogens with two attached hydrogens (primary N) is 1. The molecule has 46 heavy (non-hydrogen) atoms. The Kier molecular flexibility index (Phi) is 9.18. The highest BCUT2D eigenvalue weighted by molar-refractivity contribution is 6.37. The fraction of sp³-hybridized carbons (Fsp3) is 0.686. The molecule has 6 N–H and O–H groups in total. The van der Waals surface area contributed by atoms with E-state index in [0.29, 0.717) is 19.4 Å². The van der Waals surface area contributed by atoms with Crippen molar-refractivity contribution in [1.29, 1.82) is 0 Å². The molecule has 1 aromatic rings. The van der Waals surface area contributed by atoms with Crippen LogP contribution in [0, 0.1) is 28.6 Å². The van der Waals surface area contributed by atoms with E-state index in [1.165, 1.54) is 0 Å². The first-order chi connectivity index (χ1) is 21.5. The molecule has 0 radical (unpaired) electrons. The van der Waals surface area contributed by atoms with E-state index in [2.05, 4.69) is 29.8 Å². The first kappa shape index (κ1) is 33.7. The van der Waals surface area contributed by atoms with E-state index in [9.17, 15) is 29.1 Å². The number of nitrogens with one attached hydrogen (secondary N) is 3. The maximum Gasteiger partial charge on any atom is 0.315 e. The zero-order valence-corrected chi connectivity index (χ0v) is 27.9. The topological polar surface area (TPSA) is 171 Å². The molecule has 0 spiro atoms. The van der Waals surface area contributed by atoms with Crippen LogP contribution in [0.3, 0.4) is 0 Å². The first-order valence-corrected chi connectivity index (χ1v) is 16.8. The van der Waals surface area contributed by atoms with Crippen molar-refractivity contribution in [3.05, 3.63) is 29.8 Å². The number of carbonyl (C=O) groups is 5. The number of urea groups is 1. The zero-order chi connectivity index (χ0) is 33.6. The number of benzene rings is 1. The number of rotatable bonds is 11. The van der Waals surface area contributed by atoms with Gasteiger partial charge in [0.05, 0.1) is 6.04 Å². The van der Waals surface area contributed by atoms with Crippen molar-refractivity contribution in [2.24, 2.45) is 34.3 Å². The lowest BCUT2D eigenvalue weighted by Gasteiger charge is -2.41. The molecule has 4 fully saturated rings. The lowest BCUT2D eigenvalue weighted by atomic mass is 9.77. The van der Waals surface area contributed by atoms with Gasteiger partial charge in [-0.15, -0.1) is 0 Å². The number of fused-ring (bicyclic) bond motifs is 1. The number of carbonyl (C=O) groups excluding carboxylic acids is 5. The molecule has 3 aliphatic carbocycles. The standard InChI is InChI=1S/C35H51N5O6/c1-33(2,3)28(38-32(46)39-35(15-7-6-8-16-35)18-21-11-13-22(41)14-12-21)31(45)40-19-23-25(34(23,4)5)26(40)30(44)37-24(17-20-9-10-20)27(42)29(36)43/h11-14,20,23-26,28,41H,6-10,15-19H2,1-5H3,(H2,36,43)(H,37,44)(H2,38,39,46)/t23?,24?,25-,26-,28+/m0/s1. The minimum Gasteiger partial charge on any atom is -0.508 e. The number of Topliss-reactive ketones (excluding diaryl/α,β-unsaturated/α-hetero) is 1. The van der Waals surface area contributed by atoms with Crippen LogP contribution in [0.15, 0.2) is 24.3 Å². The molecule has 1 heterocycles. The van der Waals surface area contributed by atoms with Gasteiger partial charge < -0.3 is 31.7 Å². The number of piperidine rings is 1. The highest BCUT2D eigenvalue weighted by atomic mass is 16.3. The number of hydrogen-bond donors (Lipinski definition) is 5. The molecular formula is C35H51N5O6. The Balaban J connectivity index is 1.33. The molecule has 0 bridgehead atoms. The van der Waals surface area contributed by atoms with Crippen LogP contribution in [0.4, 0.5) is 4.79 Å².